The van der Waals surface area contributed by atoms with E-state index in [9.17, 15) is 13.9 Å². The fraction of sp³-hybridized carbons (Fsp3) is 0.571. The first-order valence-corrected chi connectivity index (χ1v) is 6.65. The summed E-state index contributed by atoms with van der Waals surface area (Å²) in [5, 5.41) is 9.43. The number of halogens is 3. The number of piperidine rings is 1. The Balaban J connectivity index is 0.00000220. The summed E-state index contributed by atoms with van der Waals surface area (Å²) < 4.78 is 38.1. The number of rotatable bonds is 5. The molecule has 0 unspecified atom stereocenters. The lowest BCUT2D eigenvalue weighted by Crippen LogP contribution is -2.36. The van der Waals surface area contributed by atoms with Crippen LogP contribution in [0.1, 0.15) is 12.8 Å². The lowest BCUT2D eigenvalue weighted by atomic mass is 10.1. The molecule has 7 heteroatoms. The zero-order chi connectivity index (χ0) is 14.5. The number of aliphatic hydroxyl groups is 1. The molecule has 0 spiro atoms. The number of ether oxygens (including phenoxy) is 2. The van der Waals surface area contributed by atoms with Gasteiger partial charge in [-0.2, -0.15) is 0 Å². The van der Waals surface area contributed by atoms with Gasteiger partial charge in [-0.25, -0.2) is 8.78 Å². The molecule has 0 radical (unpaired) electrons. The molecular weight excluding hydrogens is 304 g/mol. The van der Waals surface area contributed by atoms with Crippen molar-refractivity contribution in [1.29, 1.82) is 0 Å². The van der Waals surface area contributed by atoms with E-state index in [0.717, 1.165) is 0 Å². The highest BCUT2D eigenvalue weighted by Gasteiger charge is 2.23. The van der Waals surface area contributed by atoms with Crippen molar-refractivity contribution in [2.45, 2.75) is 18.9 Å². The Morgan fingerprint density at radius 3 is 2.29 bits per heavy atom. The van der Waals surface area contributed by atoms with Gasteiger partial charge in [-0.05, 0) is 12.8 Å². The monoisotopic (exact) mass is 323 g/mol. The largest absolute Gasteiger partial charge is 0.491 e. The van der Waals surface area contributed by atoms with E-state index in [4.69, 9.17) is 9.47 Å². The lowest BCUT2D eigenvalue weighted by Gasteiger charge is -2.32. The first-order valence-electron chi connectivity index (χ1n) is 6.65. The number of methoxy groups -OCH3 is 1. The molecule has 1 aromatic rings. The first-order chi connectivity index (χ1) is 9.61. The van der Waals surface area contributed by atoms with Crippen LogP contribution in [-0.2, 0) is 4.74 Å². The summed E-state index contributed by atoms with van der Waals surface area (Å²) in [6.45, 7) is 1.48. The molecule has 21 heavy (non-hydrogen) atoms. The van der Waals surface area contributed by atoms with Crippen LogP contribution in [0.25, 0.3) is 0 Å². The fourth-order valence-electron chi connectivity index (χ4n) is 2.26. The van der Waals surface area contributed by atoms with Gasteiger partial charge in [0, 0.05) is 32.3 Å². The molecule has 0 atom stereocenters. The SMILES string of the molecule is COCCOc1cc(F)c(N2CCC(O)CC2)c(F)c1.Cl. The van der Waals surface area contributed by atoms with Gasteiger partial charge in [-0.15, -0.1) is 12.4 Å². The third-order valence-electron chi connectivity index (χ3n) is 3.33. The smallest absolute Gasteiger partial charge is 0.153 e. The van der Waals surface area contributed by atoms with Gasteiger partial charge in [0.1, 0.15) is 18.0 Å². The van der Waals surface area contributed by atoms with E-state index >= 15 is 0 Å². The van der Waals surface area contributed by atoms with Crippen LogP contribution in [0, 0.1) is 11.6 Å². The number of aliphatic hydroxyl groups excluding tert-OH is 1. The summed E-state index contributed by atoms with van der Waals surface area (Å²) in [4.78, 5) is 1.62. The van der Waals surface area contributed by atoms with Crippen molar-refractivity contribution in [3.05, 3.63) is 23.8 Å². The van der Waals surface area contributed by atoms with Crippen LogP contribution in [0.4, 0.5) is 14.5 Å². The third kappa shape index (κ3) is 4.69. The summed E-state index contributed by atoms with van der Waals surface area (Å²) >= 11 is 0. The summed E-state index contributed by atoms with van der Waals surface area (Å²) in [7, 11) is 1.53. The normalized spacial score (nSPS) is 15.7. The minimum atomic E-state index is -0.645. The van der Waals surface area contributed by atoms with Gasteiger partial charge >= 0.3 is 0 Å². The standard InChI is InChI=1S/C14H19F2NO3.ClH/c1-19-6-7-20-11-8-12(15)14(13(16)9-11)17-4-2-10(18)3-5-17;/h8-10,18H,2-7H2,1H3;1H. The molecular formula is C14H20ClF2NO3. The molecule has 120 valence electrons. The van der Waals surface area contributed by atoms with E-state index < -0.39 is 11.6 Å². The van der Waals surface area contributed by atoms with E-state index in [1.54, 1.807) is 4.90 Å². The molecule has 1 aliphatic rings. The van der Waals surface area contributed by atoms with Crippen LogP contribution in [0.2, 0.25) is 0 Å². The molecule has 0 aliphatic carbocycles. The third-order valence-corrected chi connectivity index (χ3v) is 3.33. The van der Waals surface area contributed by atoms with Gasteiger partial charge in [0.05, 0.1) is 12.7 Å². The number of benzene rings is 1. The van der Waals surface area contributed by atoms with E-state index in [2.05, 4.69) is 0 Å². The van der Waals surface area contributed by atoms with Crippen LogP contribution in [0.15, 0.2) is 12.1 Å². The zero-order valence-corrected chi connectivity index (χ0v) is 12.7. The Hall–Kier alpha value is -1.11. The van der Waals surface area contributed by atoms with Gasteiger partial charge < -0.3 is 19.5 Å². The number of hydrogen-bond acceptors (Lipinski definition) is 4. The summed E-state index contributed by atoms with van der Waals surface area (Å²) in [5.74, 6) is -1.14. The lowest BCUT2D eigenvalue weighted by molar-refractivity contribution is 0.144. The van der Waals surface area contributed by atoms with E-state index in [-0.39, 0.29) is 36.6 Å². The van der Waals surface area contributed by atoms with Gasteiger partial charge in [-0.1, -0.05) is 0 Å². The molecule has 0 aromatic heterocycles. The summed E-state index contributed by atoms with van der Waals surface area (Å²) in [5.41, 5.74) is -0.0454. The Bertz CT molecular complexity index is 431. The maximum absolute atomic E-state index is 14.0. The highest BCUT2D eigenvalue weighted by Crippen LogP contribution is 2.30. The molecule has 1 N–H and O–H groups in total. The van der Waals surface area contributed by atoms with E-state index in [0.29, 0.717) is 32.5 Å². The molecule has 0 amide bonds. The number of nitrogens with zero attached hydrogens (tertiary/aromatic N) is 1. The Morgan fingerprint density at radius 2 is 1.76 bits per heavy atom. The maximum Gasteiger partial charge on any atom is 0.153 e. The molecule has 0 bridgehead atoms. The predicted molar refractivity (Wildman–Crippen MR) is 78.4 cm³/mol. The van der Waals surface area contributed by atoms with Gasteiger partial charge in [-0.3, -0.25) is 0 Å². The van der Waals surface area contributed by atoms with Crippen molar-refractivity contribution >= 4 is 18.1 Å². The quantitative estimate of drug-likeness (QED) is 0.845. The number of hydrogen-bond donors (Lipinski definition) is 1. The molecule has 2 rings (SSSR count). The molecule has 1 heterocycles. The van der Waals surface area contributed by atoms with Crippen molar-refractivity contribution < 1.29 is 23.4 Å². The van der Waals surface area contributed by atoms with Crippen LogP contribution < -0.4 is 9.64 Å². The predicted octanol–water partition coefficient (Wildman–Crippen LogP) is 2.37. The first kappa shape index (κ1) is 17.9. The average molecular weight is 324 g/mol. The molecule has 0 saturated carbocycles. The second-order valence-electron chi connectivity index (χ2n) is 4.80. The molecule has 1 saturated heterocycles. The Labute approximate surface area is 129 Å². The van der Waals surface area contributed by atoms with Gasteiger partial charge in [0.2, 0.25) is 0 Å². The van der Waals surface area contributed by atoms with Crippen LogP contribution >= 0.6 is 12.4 Å². The van der Waals surface area contributed by atoms with Gasteiger partial charge in [0.15, 0.2) is 11.6 Å². The van der Waals surface area contributed by atoms with Crippen LogP contribution in [0.3, 0.4) is 0 Å². The Morgan fingerprint density at radius 1 is 1.19 bits per heavy atom. The molecule has 1 aromatic carbocycles. The highest BCUT2D eigenvalue weighted by atomic mass is 35.5. The molecule has 4 nitrogen and oxygen atoms in total. The van der Waals surface area contributed by atoms with E-state index in [1.807, 2.05) is 0 Å². The highest BCUT2D eigenvalue weighted by molar-refractivity contribution is 5.85. The van der Waals surface area contributed by atoms with Crippen molar-refractivity contribution in [2.24, 2.45) is 0 Å². The van der Waals surface area contributed by atoms with E-state index in [1.165, 1.54) is 19.2 Å². The summed E-state index contributed by atoms with van der Waals surface area (Å²) in [6, 6.07) is 2.36. The maximum atomic E-state index is 14.0. The Kier molecular flexibility index (Phi) is 7.14. The van der Waals surface area contributed by atoms with Crippen LogP contribution in [0.5, 0.6) is 5.75 Å². The topological polar surface area (TPSA) is 41.9 Å². The zero-order valence-electron chi connectivity index (χ0n) is 11.8. The van der Waals surface area contributed by atoms with Crippen molar-refractivity contribution in [1.82, 2.24) is 0 Å². The number of anilines is 1. The second-order valence-corrected chi connectivity index (χ2v) is 4.80. The fourth-order valence-corrected chi connectivity index (χ4v) is 2.26. The minimum Gasteiger partial charge on any atom is -0.491 e. The van der Waals surface area contributed by atoms with Crippen LogP contribution in [-0.4, -0.2) is 44.6 Å². The van der Waals surface area contributed by atoms with Gasteiger partial charge in [0.25, 0.3) is 0 Å². The van der Waals surface area contributed by atoms with Crippen molar-refractivity contribution in [3.63, 3.8) is 0 Å². The molecule has 1 aliphatic heterocycles. The summed E-state index contributed by atoms with van der Waals surface area (Å²) in [6.07, 6.45) is 0.657. The average Bonchev–Trinajstić information content (AvgIpc) is 2.40. The minimum absolute atomic E-state index is 0. The molecule has 1 fully saturated rings. The second kappa shape index (κ2) is 8.36. The van der Waals surface area contributed by atoms with Crippen molar-refractivity contribution in [3.8, 4) is 5.75 Å². The van der Waals surface area contributed by atoms with Crippen molar-refractivity contribution in [2.75, 3.05) is 38.3 Å².